The number of hydrogen-bond acceptors (Lipinski definition) is 4. The lowest BCUT2D eigenvalue weighted by Gasteiger charge is -2.32. The molecule has 0 spiro atoms. The van der Waals surface area contributed by atoms with Crippen LogP contribution in [0.4, 0.5) is 4.39 Å². The van der Waals surface area contributed by atoms with Crippen LogP contribution in [0.1, 0.15) is 18.4 Å². The molecule has 1 unspecified atom stereocenters. The van der Waals surface area contributed by atoms with Crippen LogP contribution >= 0.6 is 11.6 Å². The number of benzene rings is 2. The fourth-order valence-corrected chi connectivity index (χ4v) is 5.21. The molecule has 9 heteroatoms. The topological polar surface area (TPSA) is 75.7 Å². The van der Waals surface area contributed by atoms with Gasteiger partial charge in [0.15, 0.2) is 0 Å². The van der Waals surface area contributed by atoms with Crippen LogP contribution in [0, 0.1) is 5.82 Å². The second-order valence-electron chi connectivity index (χ2n) is 7.73. The van der Waals surface area contributed by atoms with Gasteiger partial charge < -0.3 is 9.64 Å². The fourth-order valence-electron chi connectivity index (χ4n) is 3.74. The van der Waals surface area contributed by atoms with Crippen molar-refractivity contribution in [3.63, 3.8) is 0 Å². The van der Waals surface area contributed by atoms with E-state index in [-0.39, 0.29) is 17.3 Å². The Kier molecular flexibility index (Phi) is 6.64. The number of nitrogens with one attached hydrogen (secondary N) is 1. The molecule has 1 amide bonds. The van der Waals surface area contributed by atoms with Crippen molar-refractivity contribution in [2.45, 2.75) is 23.8 Å². The van der Waals surface area contributed by atoms with Crippen molar-refractivity contribution in [1.82, 2.24) is 9.62 Å². The van der Waals surface area contributed by atoms with Gasteiger partial charge in [0.25, 0.3) is 0 Å². The zero-order chi connectivity index (χ0) is 22.7. The summed E-state index contributed by atoms with van der Waals surface area (Å²) in [5, 5.41) is 0.602. The Bertz CT molecular complexity index is 1200. The largest absolute Gasteiger partial charge is 0.488 e. The summed E-state index contributed by atoms with van der Waals surface area (Å²) in [6.45, 7) is 1.12. The van der Waals surface area contributed by atoms with Crippen molar-refractivity contribution >= 4 is 33.6 Å². The van der Waals surface area contributed by atoms with Crippen LogP contribution in [0.3, 0.4) is 0 Å². The lowest BCUT2D eigenvalue weighted by atomic mass is 10.1. The molecule has 1 atom stereocenters. The van der Waals surface area contributed by atoms with E-state index in [1.165, 1.54) is 24.3 Å². The Morgan fingerprint density at radius 2 is 2.09 bits per heavy atom. The minimum absolute atomic E-state index is 0.134. The smallest absolute Gasteiger partial charge is 0.246 e. The number of nitrogens with zero attached hydrogens (tertiary/aromatic N) is 1. The van der Waals surface area contributed by atoms with E-state index in [9.17, 15) is 17.6 Å². The quantitative estimate of drug-likeness (QED) is 0.666. The number of rotatable bonds is 5. The number of carbonyl (C=O) groups excluding carboxylic acids is 1. The third-order valence-electron chi connectivity index (χ3n) is 5.31. The van der Waals surface area contributed by atoms with Crippen molar-refractivity contribution in [3.8, 4) is 5.75 Å². The van der Waals surface area contributed by atoms with Crippen LogP contribution < -0.4 is 9.46 Å². The summed E-state index contributed by atoms with van der Waals surface area (Å²) in [5.41, 5.74) is 1.68. The summed E-state index contributed by atoms with van der Waals surface area (Å²) in [5.74, 6) is -0.0934. The first-order chi connectivity index (χ1) is 15.3. The molecule has 6 nitrogen and oxygen atoms in total. The fraction of sp³-hybridized carbons (Fsp3) is 0.261. The molecule has 2 heterocycles. The SMILES string of the molecule is O=C(/C=C/C1=Cc2cc(Cl)ccc2OC1)N1CCCC(NS(=O)(=O)c2cccc(F)c2)C1. The first-order valence-electron chi connectivity index (χ1n) is 10.2. The first kappa shape index (κ1) is 22.5. The van der Waals surface area contributed by atoms with Crippen molar-refractivity contribution in [1.29, 1.82) is 0 Å². The molecule has 1 fully saturated rings. The van der Waals surface area contributed by atoms with Crippen molar-refractivity contribution in [3.05, 3.63) is 76.6 Å². The molecule has 0 bridgehead atoms. The first-order valence-corrected chi connectivity index (χ1v) is 12.0. The number of halogens is 2. The van der Waals surface area contributed by atoms with Crippen LogP contribution in [0.5, 0.6) is 5.75 Å². The van der Waals surface area contributed by atoms with Gasteiger partial charge in [-0.15, -0.1) is 0 Å². The van der Waals surface area contributed by atoms with Crippen molar-refractivity contribution < 1.29 is 22.3 Å². The van der Waals surface area contributed by atoms with Gasteiger partial charge in [0.1, 0.15) is 18.2 Å². The van der Waals surface area contributed by atoms with Gasteiger partial charge in [0.2, 0.25) is 15.9 Å². The maximum Gasteiger partial charge on any atom is 0.246 e. The highest BCUT2D eigenvalue weighted by molar-refractivity contribution is 7.89. The molecule has 1 N–H and O–H groups in total. The van der Waals surface area contributed by atoms with Gasteiger partial charge in [-0.2, -0.15) is 0 Å². The summed E-state index contributed by atoms with van der Waals surface area (Å²) in [6, 6.07) is 9.76. The van der Waals surface area contributed by atoms with Gasteiger partial charge in [-0.1, -0.05) is 23.7 Å². The van der Waals surface area contributed by atoms with E-state index in [1.807, 2.05) is 6.08 Å². The Morgan fingerprint density at radius 3 is 2.91 bits per heavy atom. The van der Waals surface area contributed by atoms with Crippen molar-refractivity contribution in [2.75, 3.05) is 19.7 Å². The van der Waals surface area contributed by atoms with E-state index in [2.05, 4.69) is 4.72 Å². The highest BCUT2D eigenvalue weighted by Gasteiger charge is 2.27. The average molecular weight is 477 g/mol. The standard InChI is InChI=1S/C23H22ClFN2O4S/c24-18-7-8-22-17(12-18)11-16(15-31-22)6-9-23(28)27-10-2-4-20(14-27)26-32(29,30)21-5-1-3-19(25)13-21/h1,3,5-9,11-13,20,26H,2,4,10,14-15H2/b9-6+. The van der Waals surface area contributed by atoms with E-state index >= 15 is 0 Å². The van der Waals surface area contributed by atoms with Gasteiger partial charge in [-0.25, -0.2) is 17.5 Å². The Morgan fingerprint density at radius 1 is 1.25 bits per heavy atom. The number of hydrogen-bond donors (Lipinski definition) is 1. The molecule has 0 aliphatic carbocycles. The predicted molar refractivity (Wildman–Crippen MR) is 120 cm³/mol. The summed E-state index contributed by atoms with van der Waals surface area (Å²) in [6.07, 6.45) is 6.34. The molecule has 0 radical (unpaired) electrons. The molecule has 32 heavy (non-hydrogen) atoms. The summed E-state index contributed by atoms with van der Waals surface area (Å²) >= 11 is 6.03. The number of sulfonamides is 1. The zero-order valence-corrected chi connectivity index (χ0v) is 18.7. The Labute approximate surface area is 191 Å². The van der Waals surface area contributed by atoms with E-state index in [4.69, 9.17) is 16.3 Å². The third kappa shape index (κ3) is 5.38. The second kappa shape index (κ2) is 9.44. The van der Waals surface area contributed by atoms with Crippen LogP contribution in [0.15, 0.2) is 65.1 Å². The van der Waals surface area contributed by atoms with Crippen LogP contribution in [-0.2, 0) is 14.8 Å². The van der Waals surface area contributed by atoms with Crippen LogP contribution in [0.25, 0.3) is 6.08 Å². The Hall–Kier alpha value is -2.68. The molecule has 4 rings (SSSR count). The van der Waals surface area contributed by atoms with E-state index in [0.29, 0.717) is 31.0 Å². The summed E-state index contributed by atoms with van der Waals surface area (Å²) in [4.78, 5) is 14.2. The number of fused-ring (bicyclic) bond motifs is 1. The van der Waals surface area contributed by atoms with Gasteiger partial charge >= 0.3 is 0 Å². The highest BCUT2D eigenvalue weighted by Crippen LogP contribution is 2.29. The zero-order valence-electron chi connectivity index (χ0n) is 17.1. The summed E-state index contributed by atoms with van der Waals surface area (Å²) < 4.78 is 46.8. The van der Waals surface area contributed by atoms with Gasteiger partial charge in [0, 0.05) is 35.8 Å². The number of piperidine rings is 1. The molecule has 168 valence electrons. The van der Waals surface area contributed by atoms with Crippen molar-refractivity contribution in [2.24, 2.45) is 0 Å². The average Bonchev–Trinajstić information content (AvgIpc) is 2.77. The molecular weight excluding hydrogens is 455 g/mol. The maximum atomic E-state index is 13.4. The maximum absolute atomic E-state index is 13.4. The molecule has 2 aromatic carbocycles. The normalized spacial score (nSPS) is 18.8. The predicted octanol–water partition coefficient (Wildman–Crippen LogP) is 3.78. The molecule has 2 aromatic rings. The monoisotopic (exact) mass is 476 g/mol. The lowest BCUT2D eigenvalue weighted by molar-refractivity contribution is -0.127. The van der Waals surface area contributed by atoms with Crippen LogP contribution in [-0.4, -0.2) is 45.0 Å². The molecular formula is C23H22ClFN2O4S. The molecule has 2 aliphatic heterocycles. The van der Waals surface area contributed by atoms with E-state index in [1.54, 1.807) is 29.2 Å². The number of likely N-dealkylation sites (tertiary alicyclic amines) is 1. The van der Waals surface area contributed by atoms with Gasteiger partial charge in [0.05, 0.1) is 4.90 Å². The van der Waals surface area contributed by atoms with E-state index < -0.39 is 21.9 Å². The minimum atomic E-state index is -3.88. The highest BCUT2D eigenvalue weighted by atomic mass is 35.5. The van der Waals surface area contributed by atoms with Gasteiger partial charge in [-0.05, 0) is 60.9 Å². The Balaban J connectivity index is 1.39. The van der Waals surface area contributed by atoms with E-state index in [0.717, 1.165) is 23.0 Å². The third-order valence-corrected chi connectivity index (χ3v) is 7.06. The van der Waals surface area contributed by atoms with Crippen LogP contribution in [0.2, 0.25) is 5.02 Å². The molecule has 0 aromatic heterocycles. The van der Waals surface area contributed by atoms with Gasteiger partial charge in [-0.3, -0.25) is 4.79 Å². The lowest BCUT2D eigenvalue weighted by Crippen LogP contribution is -2.49. The molecule has 1 saturated heterocycles. The molecule has 0 saturated carbocycles. The number of carbonyl (C=O) groups is 1. The minimum Gasteiger partial charge on any atom is -0.488 e. The summed E-state index contributed by atoms with van der Waals surface area (Å²) in [7, 11) is -3.88. The number of ether oxygens (including phenoxy) is 1. The second-order valence-corrected chi connectivity index (χ2v) is 9.88. The number of amides is 1. The molecule has 2 aliphatic rings.